The zero-order chi connectivity index (χ0) is 47.9. The van der Waals surface area contributed by atoms with Gasteiger partial charge in [-0.2, -0.15) is 0 Å². The first-order chi connectivity index (χ1) is 30.9. The van der Waals surface area contributed by atoms with Crippen LogP contribution in [-0.2, 0) is 47.3 Å². The van der Waals surface area contributed by atoms with Crippen molar-refractivity contribution >= 4 is 0 Å². The lowest BCUT2D eigenvalue weighted by Crippen LogP contribution is -2.17. The van der Waals surface area contributed by atoms with E-state index in [0.29, 0.717) is 50.4 Å². The van der Waals surface area contributed by atoms with E-state index in [4.69, 9.17) is 9.47 Å². The van der Waals surface area contributed by atoms with Gasteiger partial charge in [0.05, 0.1) is 13.2 Å². The maximum atomic E-state index is 12.7. The molecule has 66 heavy (non-hydrogen) atoms. The Balaban J connectivity index is 1.52. The minimum Gasteiger partial charge on any atom is -0.507 e. The number of ether oxygens (including phenoxy) is 2. The van der Waals surface area contributed by atoms with Gasteiger partial charge in [0.25, 0.3) is 0 Å². The Labute approximate surface area is 397 Å². The second-order valence-electron chi connectivity index (χ2n) is 23.5. The largest absolute Gasteiger partial charge is 0.507 e. The minimum absolute atomic E-state index is 0.139. The quantitative estimate of drug-likeness (QED) is 0.160. The molecule has 0 fully saturated rings. The summed E-state index contributed by atoms with van der Waals surface area (Å²) in [6.07, 6.45) is 1.89. The molecule has 8 bridgehead atoms. The van der Waals surface area contributed by atoms with Crippen molar-refractivity contribution in [1.82, 2.24) is 0 Å². The summed E-state index contributed by atoms with van der Waals surface area (Å²) in [6, 6.07) is 39.1. The second-order valence-corrected chi connectivity index (χ2v) is 23.5. The maximum absolute atomic E-state index is 12.7. The lowest BCUT2D eigenvalue weighted by atomic mass is 9.79. The van der Waals surface area contributed by atoms with Crippen LogP contribution in [0.15, 0.2) is 109 Å². The highest BCUT2D eigenvalue weighted by molar-refractivity contribution is 5.59. The summed E-state index contributed by atoms with van der Waals surface area (Å²) >= 11 is 0. The summed E-state index contributed by atoms with van der Waals surface area (Å²) < 4.78 is 14.2. The summed E-state index contributed by atoms with van der Waals surface area (Å²) in [5.74, 6) is 2.55. The molecule has 6 aromatic rings. The van der Waals surface area contributed by atoms with E-state index in [-0.39, 0.29) is 33.5 Å². The van der Waals surface area contributed by atoms with Gasteiger partial charge in [-0.05, 0) is 99.5 Å². The van der Waals surface area contributed by atoms with Gasteiger partial charge in [-0.3, -0.25) is 0 Å². The van der Waals surface area contributed by atoms with Crippen molar-refractivity contribution in [1.29, 1.82) is 0 Å². The van der Waals surface area contributed by atoms with E-state index in [1.807, 2.05) is 0 Å². The van der Waals surface area contributed by atoms with Crippen LogP contribution < -0.4 is 9.47 Å². The van der Waals surface area contributed by atoms with E-state index in [2.05, 4.69) is 206 Å². The van der Waals surface area contributed by atoms with Gasteiger partial charge >= 0.3 is 0 Å². The molecule has 0 aromatic heterocycles. The van der Waals surface area contributed by atoms with Crippen molar-refractivity contribution in [3.63, 3.8) is 0 Å². The molecule has 1 aliphatic carbocycles. The standard InChI is InChI=1S/C62H76O4/c1-39(41-21-17-15-18-22-41)37-65-57-47-25-43-29-51(59(3,4)5)31-45(55(43)63)27-49-35-54(62(12,13)14)36-50(58(49)66-38-40(2)42-23-19-16-20-24-42)28-46-32-52(60(6,7)8)30-44(56(46)64)26-48(57)34-53(33-47)61(9,10)11/h15-24,29-36,39-40,63-64H,25-28,37-38H2,1-14H3/t39-,40?/m0/s1. The van der Waals surface area contributed by atoms with Gasteiger partial charge < -0.3 is 19.7 Å². The van der Waals surface area contributed by atoms with E-state index in [1.54, 1.807) is 0 Å². The Hall–Kier alpha value is -5.48. The van der Waals surface area contributed by atoms with Crippen LogP contribution in [0.25, 0.3) is 0 Å². The van der Waals surface area contributed by atoms with Crippen molar-refractivity contribution in [2.75, 3.05) is 13.2 Å². The third kappa shape index (κ3) is 11.0. The molecule has 0 saturated carbocycles. The molecule has 4 nitrogen and oxygen atoms in total. The highest BCUT2D eigenvalue weighted by Gasteiger charge is 2.29. The van der Waals surface area contributed by atoms with E-state index in [1.165, 1.54) is 33.4 Å². The van der Waals surface area contributed by atoms with Crippen LogP contribution in [0.3, 0.4) is 0 Å². The van der Waals surface area contributed by atoms with Gasteiger partial charge in [0, 0.05) is 37.5 Å². The van der Waals surface area contributed by atoms with Gasteiger partial charge in [-0.1, -0.05) is 206 Å². The normalized spacial score (nSPS) is 14.4. The molecular formula is C62H76O4. The van der Waals surface area contributed by atoms with Crippen molar-refractivity contribution in [2.45, 2.75) is 156 Å². The number of phenols is 2. The van der Waals surface area contributed by atoms with Gasteiger partial charge in [0.2, 0.25) is 0 Å². The molecule has 0 radical (unpaired) electrons. The fourth-order valence-electron chi connectivity index (χ4n) is 9.19. The minimum atomic E-state index is -0.186. The second kappa shape index (κ2) is 18.7. The number of rotatable bonds is 8. The van der Waals surface area contributed by atoms with Crippen molar-refractivity contribution in [3.05, 3.63) is 187 Å². The first-order valence-electron chi connectivity index (χ1n) is 24.2. The summed E-state index contributed by atoms with van der Waals surface area (Å²) in [7, 11) is 0. The zero-order valence-electron chi connectivity index (χ0n) is 42.5. The fraction of sp³-hybridized carbons (Fsp3) is 0.419. The lowest BCUT2D eigenvalue weighted by molar-refractivity contribution is 0.290. The number of phenolic OH excluding ortho intramolecular Hbond substituents is 2. The molecule has 7 rings (SSSR count). The van der Waals surface area contributed by atoms with Gasteiger partial charge in [0.1, 0.15) is 23.0 Å². The molecule has 2 N–H and O–H groups in total. The molecule has 0 heterocycles. The van der Waals surface area contributed by atoms with Gasteiger partial charge in [-0.25, -0.2) is 0 Å². The third-order valence-corrected chi connectivity index (χ3v) is 13.7. The SMILES string of the molecule is CC(COc1c2cc(C(C)(C)C)cc1Cc1cc(C(C)(C)C)cc(c1O)Cc1cc(C(C)(C)C)cc(c1OC[C@H](C)c1ccccc1)Cc1cc(C(C)(C)C)cc(c1O)C2)c1ccccc1. The van der Waals surface area contributed by atoms with Crippen molar-refractivity contribution in [2.24, 2.45) is 0 Å². The molecule has 348 valence electrons. The summed E-state index contributed by atoms with van der Waals surface area (Å²) in [5, 5.41) is 25.4. The van der Waals surface area contributed by atoms with Crippen LogP contribution in [-0.4, -0.2) is 23.4 Å². The summed E-state index contributed by atoms with van der Waals surface area (Å²) in [4.78, 5) is 0. The Morgan fingerprint density at radius 1 is 0.379 bits per heavy atom. The molecule has 0 amide bonds. The number of fused-ring (bicyclic) bond motifs is 8. The van der Waals surface area contributed by atoms with Crippen LogP contribution in [0, 0.1) is 0 Å². The molecule has 2 atom stereocenters. The van der Waals surface area contributed by atoms with Gasteiger partial charge in [0.15, 0.2) is 0 Å². The Morgan fingerprint density at radius 2 is 0.606 bits per heavy atom. The lowest BCUT2D eigenvalue weighted by Gasteiger charge is -2.28. The van der Waals surface area contributed by atoms with E-state index in [0.717, 1.165) is 56.0 Å². The number of hydrogen-bond acceptors (Lipinski definition) is 4. The molecule has 1 aliphatic rings. The van der Waals surface area contributed by atoms with Crippen molar-refractivity contribution < 1.29 is 19.7 Å². The number of benzene rings is 6. The first kappa shape index (κ1) is 48.5. The van der Waals surface area contributed by atoms with E-state index >= 15 is 0 Å². The Kier molecular flexibility index (Phi) is 13.7. The van der Waals surface area contributed by atoms with E-state index < -0.39 is 0 Å². The van der Waals surface area contributed by atoms with Crippen LogP contribution >= 0.6 is 0 Å². The van der Waals surface area contributed by atoms with Crippen LogP contribution in [0.1, 0.15) is 187 Å². The van der Waals surface area contributed by atoms with Crippen molar-refractivity contribution in [3.8, 4) is 23.0 Å². The van der Waals surface area contributed by atoms with Gasteiger partial charge in [-0.15, -0.1) is 0 Å². The summed E-state index contributed by atoms with van der Waals surface area (Å²) in [6.45, 7) is 32.4. The molecule has 0 saturated heterocycles. The smallest absolute Gasteiger partial charge is 0.126 e. The topological polar surface area (TPSA) is 58.9 Å². The monoisotopic (exact) mass is 885 g/mol. The summed E-state index contributed by atoms with van der Waals surface area (Å²) in [5.41, 5.74) is 14.0. The maximum Gasteiger partial charge on any atom is 0.126 e. The predicted molar refractivity (Wildman–Crippen MR) is 276 cm³/mol. The molecular weight excluding hydrogens is 809 g/mol. The predicted octanol–water partition coefficient (Wildman–Crippen LogP) is 15.3. The fourth-order valence-corrected chi connectivity index (χ4v) is 9.19. The number of hydrogen-bond donors (Lipinski definition) is 2. The van der Waals surface area contributed by atoms with Crippen LogP contribution in [0.5, 0.6) is 23.0 Å². The average Bonchev–Trinajstić information content (AvgIpc) is 3.24. The highest BCUT2D eigenvalue weighted by Crippen LogP contribution is 2.44. The molecule has 0 spiro atoms. The zero-order valence-corrected chi connectivity index (χ0v) is 42.5. The molecule has 4 heteroatoms. The van der Waals surface area contributed by atoms with Crippen LogP contribution in [0.2, 0.25) is 0 Å². The Morgan fingerprint density at radius 3 is 0.833 bits per heavy atom. The average molecular weight is 885 g/mol. The highest BCUT2D eigenvalue weighted by atomic mass is 16.5. The van der Waals surface area contributed by atoms with E-state index in [9.17, 15) is 10.2 Å². The van der Waals surface area contributed by atoms with Crippen LogP contribution in [0.4, 0.5) is 0 Å². The molecule has 6 aromatic carbocycles. The molecule has 0 aliphatic heterocycles. The Bertz CT molecular complexity index is 2380. The third-order valence-electron chi connectivity index (χ3n) is 13.7. The number of aromatic hydroxyl groups is 2. The molecule has 1 unspecified atom stereocenters. The first-order valence-corrected chi connectivity index (χ1v) is 24.2.